The fourth-order valence-corrected chi connectivity index (χ4v) is 0.982. The van der Waals surface area contributed by atoms with E-state index in [0.717, 1.165) is 11.6 Å². The quantitative estimate of drug-likeness (QED) is 0.732. The highest BCUT2D eigenvalue weighted by molar-refractivity contribution is 5.94. The average Bonchev–Trinajstić information content (AvgIpc) is 2.26. The Morgan fingerprint density at radius 3 is 2.57 bits per heavy atom. The molecular formula is C12H12O2. The molecule has 1 aromatic carbocycles. The van der Waals surface area contributed by atoms with E-state index in [4.69, 9.17) is 0 Å². The van der Waals surface area contributed by atoms with Crippen molar-refractivity contribution < 1.29 is 9.90 Å². The van der Waals surface area contributed by atoms with Crippen LogP contribution in [-0.4, -0.2) is 17.0 Å². The van der Waals surface area contributed by atoms with Gasteiger partial charge in [0.1, 0.15) is 6.10 Å². The molecule has 0 saturated carbocycles. The Morgan fingerprint density at radius 2 is 2.00 bits per heavy atom. The molecule has 0 aromatic heterocycles. The fourth-order valence-electron chi connectivity index (χ4n) is 0.982. The van der Waals surface area contributed by atoms with Gasteiger partial charge in [0, 0.05) is 0 Å². The minimum Gasteiger partial charge on any atom is -0.381 e. The summed E-state index contributed by atoms with van der Waals surface area (Å²) in [6.45, 7) is 3.29. The van der Waals surface area contributed by atoms with Crippen molar-refractivity contribution in [2.45, 2.75) is 6.10 Å². The van der Waals surface area contributed by atoms with Crippen LogP contribution in [0.4, 0.5) is 0 Å². The van der Waals surface area contributed by atoms with E-state index in [-0.39, 0.29) is 0 Å². The molecule has 0 amide bonds. The van der Waals surface area contributed by atoms with Crippen molar-refractivity contribution >= 4 is 11.9 Å². The molecule has 1 N–H and O–H groups in total. The van der Waals surface area contributed by atoms with Gasteiger partial charge < -0.3 is 5.11 Å². The topological polar surface area (TPSA) is 37.3 Å². The monoisotopic (exact) mass is 188 g/mol. The number of carbonyl (C=O) groups excluding carboxylic acids is 1. The highest BCUT2D eigenvalue weighted by Gasteiger charge is 2.05. The standard InChI is InChI=1S/C12H12O2/c1-2-11(13)12(14)9-8-10-6-4-3-5-7-10/h2-9,12,14H,1H2/b9-8+. The van der Waals surface area contributed by atoms with Crippen molar-refractivity contribution in [3.05, 3.63) is 54.6 Å². The van der Waals surface area contributed by atoms with E-state index in [1.165, 1.54) is 6.08 Å². The van der Waals surface area contributed by atoms with Gasteiger partial charge in [0.15, 0.2) is 5.78 Å². The lowest BCUT2D eigenvalue weighted by molar-refractivity contribution is -0.120. The molecule has 2 heteroatoms. The Hall–Kier alpha value is -1.67. The van der Waals surface area contributed by atoms with Crippen molar-refractivity contribution in [2.24, 2.45) is 0 Å². The molecular weight excluding hydrogens is 176 g/mol. The van der Waals surface area contributed by atoms with Crippen molar-refractivity contribution in [1.29, 1.82) is 0 Å². The molecule has 72 valence electrons. The molecule has 0 aliphatic heterocycles. The van der Waals surface area contributed by atoms with Gasteiger partial charge in [-0.25, -0.2) is 0 Å². The van der Waals surface area contributed by atoms with Crippen LogP contribution in [0.25, 0.3) is 6.08 Å². The lowest BCUT2D eigenvalue weighted by Crippen LogP contribution is -2.13. The van der Waals surface area contributed by atoms with Gasteiger partial charge in [0.2, 0.25) is 0 Å². The first-order chi connectivity index (χ1) is 6.74. The van der Waals surface area contributed by atoms with Crippen LogP contribution >= 0.6 is 0 Å². The molecule has 0 fully saturated rings. The average molecular weight is 188 g/mol. The summed E-state index contributed by atoms with van der Waals surface area (Å²) in [4.78, 5) is 10.9. The van der Waals surface area contributed by atoms with Crippen LogP contribution in [0.1, 0.15) is 5.56 Å². The molecule has 2 nitrogen and oxygen atoms in total. The molecule has 1 unspecified atom stereocenters. The van der Waals surface area contributed by atoms with Crippen molar-refractivity contribution in [1.82, 2.24) is 0 Å². The normalized spacial score (nSPS) is 12.6. The summed E-state index contributed by atoms with van der Waals surface area (Å²) in [5.41, 5.74) is 0.948. The van der Waals surface area contributed by atoms with Crippen molar-refractivity contribution in [3.63, 3.8) is 0 Å². The largest absolute Gasteiger partial charge is 0.381 e. The first kappa shape index (κ1) is 10.4. The molecule has 1 atom stereocenters. The zero-order valence-corrected chi connectivity index (χ0v) is 7.76. The van der Waals surface area contributed by atoms with Crippen molar-refractivity contribution in [3.8, 4) is 0 Å². The van der Waals surface area contributed by atoms with Gasteiger partial charge in [0.25, 0.3) is 0 Å². The highest BCUT2D eigenvalue weighted by atomic mass is 16.3. The molecule has 0 heterocycles. The lowest BCUT2D eigenvalue weighted by Gasteiger charge is -1.98. The zero-order chi connectivity index (χ0) is 10.4. The fraction of sp³-hybridized carbons (Fsp3) is 0.0833. The van der Waals surface area contributed by atoms with E-state index in [9.17, 15) is 9.90 Å². The highest BCUT2D eigenvalue weighted by Crippen LogP contribution is 2.02. The first-order valence-electron chi connectivity index (χ1n) is 4.31. The smallest absolute Gasteiger partial charge is 0.187 e. The third-order valence-corrected chi connectivity index (χ3v) is 1.76. The maximum Gasteiger partial charge on any atom is 0.187 e. The molecule has 0 bridgehead atoms. The van der Waals surface area contributed by atoms with Crippen LogP contribution < -0.4 is 0 Å². The Kier molecular flexibility index (Phi) is 3.83. The Labute approximate surface area is 83.2 Å². The number of aliphatic hydroxyl groups excluding tert-OH is 1. The third kappa shape index (κ3) is 2.99. The van der Waals surface area contributed by atoms with Crippen molar-refractivity contribution in [2.75, 3.05) is 0 Å². The van der Waals surface area contributed by atoms with Crippen LogP contribution in [0.15, 0.2) is 49.1 Å². The summed E-state index contributed by atoms with van der Waals surface area (Å²) in [7, 11) is 0. The molecule has 0 aliphatic carbocycles. The minimum atomic E-state index is -1.09. The Morgan fingerprint density at radius 1 is 1.36 bits per heavy atom. The lowest BCUT2D eigenvalue weighted by atomic mass is 10.1. The molecule has 0 radical (unpaired) electrons. The Bertz CT molecular complexity index is 339. The molecule has 1 aromatic rings. The van der Waals surface area contributed by atoms with Crippen LogP contribution in [0.3, 0.4) is 0 Å². The summed E-state index contributed by atoms with van der Waals surface area (Å²) in [6, 6.07) is 9.47. The second kappa shape index (κ2) is 5.14. The van der Waals surface area contributed by atoms with E-state index in [0.29, 0.717) is 0 Å². The third-order valence-electron chi connectivity index (χ3n) is 1.76. The number of rotatable bonds is 4. The van der Waals surface area contributed by atoms with Gasteiger partial charge in [-0.1, -0.05) is 43.0 Å². The maximum absolute atomic E-state index is 10.9. The van der Waals surface area contributed by atoms with E-state index < -0.39 is 11.9 Å². The second-order valence-corrected chi connectivity index (χ2v) is 2.82. The molecule has 14 heavy (non-hydrogen) atoms. The summed E-state index contributed by atoms with van der Waals surface area (Å²) >= 11 is 0. The van der Waals surface area contributed by atoms with Gasteiger partial charge >= 0.3 is 0 Å². The zero-order valence-electron chi connectivity index (χ0n) is 7.76. The molecule has 0 spiro atoms. The molecule has 0 saturated heterocycles. The van der Waals surface area contributed by atoms with E-state index in [1.807, 2.05) is 30.3 Å². The van der Waals surface area contributed by atoms with Crippen LogP contribution in [0.2, 0.25) is 0 Å². The van der Waals surface area contributed by atoms with E-state index >= 15 is 0 Å². The first-order valence-corrected chi connectivity index (χ1v) is 4.31. The number of hydrogen-bond donors (Lipinski definition) is 1. The van der Waals surface area contributed by atoms with Gasteiger partial charge in [-0.2, -0.15) is 0 Å². The van der Waals surface area contributed by atoms with E-state index in [1.54, 1.807) is 6.08 Å². The van der Waals surface area contributed by atoms with Gasteiger partial charge in [-0.3, -0.25) is 4.79 Å². The predicted molar refractivity (Wildman–Crippen MR) is 56.7 cm³/mol. The number of hydrogen-bond acceptors (Lipinski definition) is 2. The van der Waals surface area contributed by atoms with Crippen LogP contribution in [0.5, 0.6) is 0 Å². The molecule has 0 aliphatic rings. The predicted octanol–water partition coefficient (Wildman–Crippen LogP) is 1.82. The minimum absolute atomic E-state index is 0.391. The number of carbonyl (C=O) groups is 1. The maximum atomic E-state index is 10.9. The second-order valence-electron chi connectivity index (χ2n) is 2.82. The number of benzene rings is 1. The van der Waals surface area contributed by atoms with Gasteiger partial charge in [-0.15, -0.1) is 0 Å². The summed E-state index contributed by atoms with van der Waals surface area (Å²) in [6.07, 6.45) is 3.17. The van der Waals surface area contributed by atoms with Gasteiger partial charge in [0.05, 0.1) is 0 Å². The number of aliphatic hydroxyl groups is 1. The summed E-state index contributed by atoms with van der Waals surface area (Å²) in [5, 5.41) is 9.27. The van der Waals surface area contributed by atoms with E-state index in [2.05, 4.69) is 6.58 Å². The summed E-state index contributed by atoms with van der Waals surface area (Å²) < 4.78 is 0. The Balaban J connectivity index is 2.65. The number of ketones is 1. The SMILES string of the molecule is C=CC(=O)C(O)/C=C/c1ccccc1. The van der Waals surface area contributed by atoms with Crippen LogP contribution in [0, 0.1) is 0 Å². The van der Waals surface area contributed by atoms with Crippen LogP contribution in [-0.2, 0) is 4.79 Å². The van der Waals surface area contributed by atoms with Gasteiger partial charge in [-0.05, 0) is 17.7 Å². The molecule has 1 rings (SSSR count). The summed E-state index contributed by atoms with van der Waals surface area (Å²) in [5.74, 6) is -0.391.